The molecule has 0 saturated heterocycles. The van der Waals surface area contributed by atoms with Crippen LogP contribution in [0.25, 0.3) is 0 Å². The molecule has 0 aromatic heterocycles. The Kier molecular flexibility index (Phi) is 3.45. The summed E-state index contributed by atoms with van der Waals surface area (Å²) in [5, 5.41) is 17.8. The van der Waals surface area contributed by atoms with E-state index in [4.69, 9.17) is 14.9 Å². The molecule has 4 heteroatoms. The molecular formula is C13H16O4. The average Bonchev–Trinajstić information content (AvgIpc) is 2.62. The van der Waals surface area contributed by atoms with Crippen LogP contribution in [-0.2, 0) is 6.42 Å². The number of hydrogen-bond donors (Lipinski definition) is 2. The number of carbonyl (C=O) groups is 1. The number of rotatable bonds is 4. The van der Waals surface area contributed by atoms with E-state index < -0.39 is 6.10 Å². The summed E-state index contributed by atoms with van der Waals surface area (Å²) in [6.45, 7) is 1.61. The molecule has 0 saturated carbocycles. The Morgan fingerprint density at radius 2 is 2.29 bits per heavy atom. The first-order valence-electron chi connectivity index (χ1n) is 5.70. The van der Waals surface area contributed by atoms with Gasteiger partial charge in [-0.2, -0.15) is 0 Å². The predicted molar refractivity (Wildman–Crippen MR) is 62.2 cm³/mol. The Hall–Kier alpha value is -1.39. The number of Topliss-reactive ketones (excluding diaryl/α,β-unsaturated/α-hetero) is 1. The zero-order chi connectivity index (χ0) is 12.4. The van der Waals surface area contributed by atoms with Crippen molar-refractivity contribution in [2.24, 2.45) is 5.92 Å². The highest BCUT2D eigenvalue weighted by Crippen LogP contribution is 2.29. The lowest BCUT2D eigenvalue weighted by Gasteiger charge is -2.10. The van der Waals surface area contributed by atoms with Gasteiger partial charge in [0.1, 0.15) is 18.5 Å². The molecule has 92 valence electrons. The van der Waals surface area contributed by atoms with Crippen LogP contribution >= 0.6 is 0 Å². The van der Waals surface area contributed by atoms with Crippen molar-refractivity contribution >= 4 is 5.78 Å². The first-order valence-corrected chi connectivity index (χ1v) is 5.70. The van der Waals surface area contributed by atoms with Crippen molar-refractivity contribution in [1.29, 1.82) is 0 Å². The highest BCUT2D eigenvalue weighted by Gasteiger charge is 2.27. The van der Waals surface area contributed by atoms with Crippen molar-refractivity contribution < 1.29 is 19.7 Å². The Labute approximate surface area is 99.8 Å². The molecule has 2 unspecified atom stereocenters. The second-order valence-corrected chi connectivity index (χ2v) is 4.44. The number of aliphatic hydroxyl groups is 2. The molecule has 17 heavy (non-hydrogen) atoms. The highest BCUT2D eigenvalue weighted by atomic mass is 16.5. The standard InChI is InChI=1S/C13H16O4/c1-8-4-9-2-3-11(5-12(9)13(8)16)17-7-10(15)6-14/h2-3,5,8,10,14-15H,4,6-7H2,1H3. The lowest BCUT2D eigenvalue weighted by molar-refractivity contribution is 0.0536. The number of ketones is 1. The molecule has 2 N–H and O–H groups in total. The third kappa shape index (κ3) is 2.48. The minimum absolute atomic E-state index is 0.0268. The average molecular weight is 236 g/mol. The summed E-state index contributed by atoms with van der Waals surface area (Å²) < 4.78 is 5.31. The van der Waals surface area contributed by atoms with Crippen molar-refractivity contribution in [2.45, 2.75) is 19.4 Å². The van der Waals surface area contributed by atoms with E-state index >= 15 is 0 Å². The summed E-state index contributed by atoms with van der Waals surface area (Å²) in [6, 6.07) is 5.39. The Bertz CT molecular complexity index is 427. The first-order chi connectivity index (χ1) is 8.11. The van der Waals surface area contributed by atoms with E-state index in [-0.39, 0.29) is 24.9 Å². The van der Waals surface area contributed by atoms with Crippen LogP contribution in [0.3, 0.4) is 0 Å². The molecule has 1 aliphatic rings. The number of aliphatic hydroxyl groups excluding tert-OH is 2. The van der Waals surface area contributed by atoms with Gasteiger partial charge in [0, 0.05) is 11.5 Å². The number of benzene rings is 1. The lowest BCUT2D eigenvalue weighted by Crippen LogP contribution is -2.21. The summed E-state index contributed by atoms with van der Waals surface area (Å²) >= 11 is 0. The Morgan fingerprint density at radius 3 is 3.00 bits per heavy atom. The summed E-state index contributed by atoms with van der Waals surface area (Å²) in [5.41, 5.74) is 1.77. The largest absolute Gasteiger partial charge is 0.491 e. The van der Waals surface area contributed by atoms with Crippen molar-refractivity contribution in [3.63, 3.8) is 0 Å². The molecule has 0 radical (unpaired) electrons. The van der Waals surface area contributed by atoms with Crippen molar-refractivity contribution in [3.05, 3.63) is 29.3 Å². The van der Waals surface area contributed by atoms with Gasteiger partial charge in [0.2, 0.25) is 0 Å². The van der Waals surface area contributed by atoms with E-state index in [2.05, 4.69) is 0 Å². The Morgan fingerprint density at radius 1 is 1.53 bits per heavy atom. The topological polar surface area (TPSA) is 66.8 Å². The summed E-state index contributed by atoms with van der Waals surface area (Å²) in [7, 11) is 0. The molecule has 2 atom stereocenters. The third-order valence-electron chi connectivity index (χ3n) is 2.97. The zero-order valence-corrected chi connectivity index (χ0v) is 9.72. The minimum atomic E-state index is -0.891. The van der Waals surface area contributed by atoms with Gasteiger partial charge in [-0.3, -0.25) is 4.79 Å². The number of ether oxygens (including phenoxy) is 1. The molecule has 0 amide bonds. The normalized spacial score (nSPS) is 20.2. The zero-order valence-electron chi connectivity index (χ0n) is 9.72. The van der Waals surface area contributed by atoms with E-state index in [0.717, 1.165) is 12.0 Å². The summed E-state index contributed by atoms with van der Waals surface area (Å²) in [5.74, 6) is 0.745. The van der Waals surface area contributed by atoms with E-state index in [1.165, 1.54) is 0 Å². The van der Waals surface area contributed by atoms with E-state index in [0.29, 0.717) is 11.3 Å². The lowest BCUT2D eigenvalue weighted by atomic mass is 10.1. The molecule has 0 bridgehead atoms. The van der Waals surface area contributed by atoms with Crippen LogP contribution in [0.5, 0.6) is 5.75 Å². The van der Waals surface area contributed by atoms with E-state index in [1.54, 1.807) is 12.1 Å². The molecule has 0 heterocycles. The van der Waals surface area contributed by atoms with E-state index in [9.17, 15) is 4.79 Å². The maximum Gasteiger partial charge on any atom is 0.166 e. The monoisotopic (exact) mass is 236 g/mol. The van der Waals surface area contributed by atoms with Crippen molar-refractivity contribution in [2.75, 3.05) is 13.2 Å². The highest BCUT2D eigenvalue weighted by molar-refractivity contribution is 6.02. The molecule has 1 aliphatic carbocycles. The molecule has 0 spiro atoms. The smallest absolute Gasteiger partial charge is 0.166 e. The van der Waals surface area contributed by atoms with Gasteiger partial charge < -0.3 is 14.9 Å². The minimum Gasteiger partial charge on any atom is -0.491 e. The maximum absolute atomic E-state index is 11.8. The molecule has 1 aromatic rings. The van der Waals surface area contributed by atoms with Crippen LogP contribution in [0.2, 0.25) is 0 Å². The second-order valence-electron chi connectivity index (χ2n) is 4.44. The van der Waals surface area contributed by atoms with E-state index in [1.807, 2.05) is 13.0 Å². The molecule has 4 nitrogen and oxygen atoms in total. The van der Waals surface area contributed by atoms with Crippen LogP contribution in [-0.4, -0.2) is 35.3 Å². The SMILES string of the molecule is CC1Cc2ccc(OCC(O)CO)cc2C1=O. The van der Waals surface area contributed by atoms with Gasteiger partial charge in [-0.15, -0.1) is 0 Å². The van der Waals surface area contributed by atoms with Crippen molar-refractivity contribution in [3.8, 4) is 5.75 Å². The van der Waals surface area contributed by atoms with Gasteiger partial charge in [-0.05, 0) is 24.1 Å². The summed E-state index contributed by atoms with van der Waals surface area (Å²) in [6.07, 6.45) is -0.105. The Balaban J connectivity index is 2.10. The van der Waals surface area contributed by atoms with Gasteiger partial charge >= 0.3 is 0 Å². The van der Waals surface area contributed by atoms with Gasteiger partial charge in [-0.1, -0.05) is 13.0 Å². The molecule has 0 aliphatic heterocycles. The van der Waals surface area contributed by atoms with Gasteiger partial charge in [0.15, 0.2) is 5.78 Å². The molecular weight excluding hydrogens is 220 g/mol. The summed E-state index contributed by atoms with van der Waals surface area (Å²) in [4.78, 5) is 11.8. The van der Waals surface area contributed by atoms with Crippen LogP contribution < -0.4 is 4.74 Å². The van der Waals surface area contributed by atoms with Crippen molar-refractivity contribution in [1.82, 2.24) is 0 Å². The predicted octanol–water partition coefficient (Wildman–Crippen LogP) is 0.794. The fourth-order valence-electron chi connectivity index (χ4n) is 1.99. The quantitative estimate of drug-likeness (QED) is 0.811. The van der Waals surface area contributed by atoms with Gasteiger partial charge in [0.05, 0.1) is 6.61 Å². The number of hydrogen-bond acceptors (Lipinski definition) is 4. The number of fused-ring (bicyclic) bond motifs is 1. The molecule has 0 fully saturated rings. The van der Waals surface area contributed by atoms with Crippen LogP contribution in [0.15, 0.2) is 18.2 Å². The van der Waals surface area contributed by atoms with Crippen LogP contribution in [0, 0.1) is 5.92 Å². The van der Waals surface area contributed by atoms with Gasteiger partial charge in [-0.25, -0.2) is 0 Å². The fourth-order valence-corrected chi connectivity index (χ4v) is 1.99. The van der Waals surface area contributed by atoms with Gasteiger partial charge in [0.25, 0.3) is 0 Å². The second kappa shape index (κ2) is 4.85. The maximum atomic E-state index is 11.8. The van der Waals surface area contributed by atoms with Crippen LogP contribution in [0.4, 0.5) is 0 Å². The molecule has 1 aromatic carbocycles. The van der Waals surface area contributed by atoms with Crippen LogP contribution in [0.1, 0.15) is 22.8 Å². The first kappa shape index (κ1) is 12.1. The fraction of sp³-hybridized carbons (Fsp3) is 0.462. The number of carbonyl (C=O) groups excluding carboxylic acids is 1. The third-order valence-corrected chi connectivity index (χ3v) is 2.97. The molecule has 2 rings (SSSR count).